The summed E-state index contributed by atoms with van der Waals surface area (Å²) in [6.07, 6.45) is 5.28. The number of ether oxygens (including phenoxy) is 2. The third-order valence-corrected chi connectivity index (χ3v) is 7.45. The molecule has 0 saturated heterocycles. The van der Waals surface area contributed by atoms with Crippen LogP contribution in [-0.2, 0) is 4.79 Å². The maximum absolute atomic E-state index is 12.5. The van der Waals surface area contributed by atoms with E-state index in [2.05, 4.69) is 16.6 Å². The number of allylic oxidation sites excluding steroid dienone is 2. The van der Waals surface area contributed by atoms with Gasteiger partial charge in [-0.3, -0.25) is 4.79 Å². The number of carbonyl (C=O) groups is 1. The fraction of sp³-hybridized carbons (Fsp3) is 0.261. The molecule has 1 N–H and O–H groups in total. The quantitative estimate of drug-likeness (QED) is 0.429. The van der Waals surface area contributed by atoms with Gasteiger partial charge in [-0.25, -0.2) is 10.4 Å². The Labute approximate surface area is 188 Å². The van der Waals surface area contributed by atoms with Gasteiger partial charge in [-0.1, -0.05) is 36.0 Å². The highest BCUT2D eigenvalue weighted by atomic mass is 32.2. The van der Waals surface area contributed by atoms with Gasteiger partial charge in [0.05, 0.1) is 16.4 Å². The Balaban J connectivity index is 1.25. The predicted molar refractivity (Wildman–Crippen MR) is 124 cm³/mol. The Hall–Kier alpha value is -2.84. The van der Waals surface area contributed by atoms with Gasteiger partial charge in [0.25, 0.3) is 5.91 Å². The molecule has 0 spiro atoms. The number of aromatic nitrogens is 1. The van der Waals surface area contributed by atoms with Crippen molar-refractivity contribution in [3.05, 3.63) is 59.0 Å². The van der Waals surface area contributed by atoms with Crippen LogP contribution in [0, 0.1) is 0 Å². The molecule has 1 aliphatic heterocycles. The lowest BCUT2D eigenvalue weighted by Crippen LogP contribution is -2.42. The molecule has 1 atom stereocenters. The highest BCUT2D eigenvalue weighted by Crippen LogP contribution is 2.40. The van der Waals surface area contributed by atoms with Crippen LogP contribution >= 0.6 is 23.1 Å². The van der Waals surface area contributed by atoms with E-state index in [1.165, 1.54) is 9.61 Å². The zero-order chi connectivity index (χ0) is 21.0. The number of amides is 1. The summed E-state index contributed by atoms with van der Waals surface area (Å²) < 4.78 is 13.6. The van der Waals surface area contributed by atoms with Crippen molar-refractivity contribution in [2.45, 2.75) is 36.1 Å². The Kier molecular flexibility index (Phi) is 5.90. The number of para-hydroxylation sites is 3. The van der Waals surface area contributed by atoms with Gasteiger partial charge in [-0.15, -0.1) is 11.3 Å². The van der Waals surface area contributed by atoms with Gasteiger partial charge in [-0.2, -0.15) is 5.10 Å². The molecule has 2 aliphatic rings. The number of thioether (sulfide) groups is 1. The van der Waals surface area contributed by atoms with Crippen LogP contribution in [0.2, 0.25) is 0 Å². The smallest absolute Gasteiger partial charge is 0.284 e. The van der Waals surface area contributed by atoms with Crippen molar-refractivity contribution in [1.82, 2.24) is 10.4 Å². The normalized spacial score (nSPS) is 18.5. The summed E-state index contributed by atoms with van der Waals surface area (Å²) in [6.45, 7) is 0.166. The molecule has 0 bridgehead atoms. The summed E-state index contributed by atoms with van der Waals surface area (Å²) in [7, 11) is 0. The largest absolute Gasteiger partial charge is 0.485 e. The first-order valence-electron chi connectivity index (χ1n) is 10.2. The van der Waals surface area contributed by atoms with E-state index >= 15 is 0 Å². The molecule has 8 heteroatoms. The highest BCUT2D eigenvalue weighted by Gasteiger charge is 2.27. The van der Waals surface area contributed by atoms with Crippen molar-refractivity contribution >= 4 is 45.4 Å². The van der Waals surface area contributed by atoms with Crippen LogP contribution in [0.3, 0.4) is 0 Å². The molecule has 0 saturated carbocycles. The molecule has 0 fully saturated rings. The second-order valence-electron chi connectivity index (χ2n) is 7.30. The minimum absolute atomic E-state index is 0.166. The zero-order valence-corrected chi connectivity index (χ0v) is 18.4. The number of fused-ring (bicyclic) bond motifs is 2. The van der Waals surface area contributed by atoms with Gasteiger partial charge in [-0.05, 0) is 60.4 Å². The second-order valence-corrected chi connectivity index (χ2v) is 9.68. The number of hydrazone groups is 1. The number of rotatable bonds is 5. The van der Waals surface area contributed by atoms with Crippen molar-refractivity contribution < 1.29 is 14.3 Å². The Bertz CT molecular complexity index is 1140. The van der Waals surface area contributed by atoms with Crippen molar-refractivity contribution in [2.75, 3.05) is 6.61 Å². The lowest BCUT2D eigenvalue weighted by Gasteiger charge is -2.24. The van der Waals surface area contributed by atoms with E-state index in [1.54, 1.807) is 35.4 Å². The molecule has 6 nitrogen and oxygen atoms in total. The lowest BCUT2D eigenvalue weighted by molar-refractivity contribution is -0.130. The van der Waals surface area contributed by atoms with Crippen LogP contribution in [-0.4, -0.2) is 29.8 Å². The molecule has 0 unspecified atom stereocenters. The third-order valence-electron chi connectivity index (χ3n) is 5.14. The standard InChI is InChI=1S/C23H21N3O3S2/c27-22(19-14-28-17-9-3-4-10-18(17)29-19)26-24-13-15-7-1-5-11-20(15)30-23-25-16-8-2-6-12-21(16)31-23/h2-4,6,8-10,12-13,19H,1,5,7,11,14H2,(H,26,27)/b24-13-/t19-/m0/s1. The topological polar surface area (TPSA) is 72.8 Å². The second kappa shape index (κ2) is 9.11. The number of nitrogens with zero attached hydrogens (tertiary/aromatic N) is 2. The molecule has 158 valence electrons. The number of thiazole rings is 1. The van der Waals surface area contributed by atoms with Crippen molar-refractivity contribution in [3.63, 3.8) is 0 Å². The van der Waals surface area contributed by atoms with Crippen LogP contribution in [0.4, 0.5) is 0 Å². The Morgan fingerprint density at radius 1 is 1.13 bits per heavy atom. The molecular weight excluding hydrogens is 430 g/mol. The molecule has 1 aliphatic carbocycles. The maximum Gasteiger partial charge on any atom is 0.284 e. The van der Waals surface area contributed by atoms with Gasteiger partial charge < -0.3 is 9.47 Å². The van der Waals surface area contributed by atoms with Crippen LogP contribution in [0.25, 0.3) is 10.2 Å². The number of nitrogens with one attached hydrogen (secondary N) is 1. The molecule has 5 rings (SSSR count). The highest BCUT2D eigenvalue weighted by molar-refractivity contribution is 8.04. The van der Waals surface area contributed by atoms with Gasteiger partial charge in [0.15, 0.2) is 15.8 Å². The van der Waals surface area contributed by atoms with E-state index in [1.807, 2.05) is 36.4 Å². The van der Waals surface area contributed by atoms with E-state index < -0.39 is 6.10 Å². The minimum atomic E-state index is -0.719. The molecular formula is C23H21N3O3S2. The summed E-state index contributed by atoms with van der Waals surface area (Å²) in [6, 6.07) is 15.5. The summed E-state index contributed by atoms with van der Waals surface area (Å²) >= 11 is 3.42. The van der Waals surface area contributed by atoms with E-state index in [9.17, 15) is 4.79 Å². The summed E-state index contributed by atoms with van der Waals surface area (Å²) in [5, 5.41) is 4.21. The number of hydrogen-bond acceptors (Lipinski definition) is 7. The molecule has 2 aromatic carbocycles. The number of benzene rings is 2. The van der Waals surface area contributed by atoms with Crippen molar-refractivity contribution in [1.29, 1.82) is 0 Å². The number of carbonyl (C=O) groups excluding carboxylic acids is 1. The van der Waals surface area contributed by atoms with Gasteiger partial charge in [0, 0.05) is 0 Å². The first-order chi connectivity index (χ1) is 15.3. The fourth-order valence-electron chi connectivity index (χ4n) is 3.55. The van der Waals surface area contributed by atoms with Crippen molar-refractivity contribution in [3.8, 4) is 11.5 Å². The maximum atomic E-state index is 12.5. The third kappa shape index (κ3) is 4.60. The van der Waals surface area contributed by atoms with Crippen LogP contribution in [0.5, 0.6) is 11.5 Å². The van der Waals surface area contributed by atoms with E-state index in [4.69, 9.17) is 14.5 Å². The van der Waals surface area contributed by atoms with Crippen LogP contribution in [0.15, 0.2) is 68.5 Å². The summed E-state index contributed by atoms with van der Waals surface area (Å²) in [5.74, 6) is 0.906. The minimum Gasteiger partial charge on any atom is -0.485 e. The van der Waals surface area contributed by atoms with E-state index in [0.717, 1.165) is 41.1 Å². The molecule has 31 heavy (non-hydrogen) atoms. The lowest BCUT2D eigenvalue weighted by atomic mass is 10.0. The van der Waals surface area contributed by atoms with E-state index in [0.29, 0.717) is 11.5 Å². The molecule has 3 aromatic rings. The van der Waals surface area contributed by atoms with Gasteiger partial charge >= 0.3 is 0 Å². The monoisotopic (exact) mass is 451 g/mol. The fourth-order valence-corrected chi connectivity index (χ4v) is 5.87. The Morgan fingerprint density at radius 2 is 1.94 bits per heavy atom. The van der Waals surface area contributed by atoms with E-state index in [-0.39, 0.29) is 12.5 Å². The summed E-state index contributed by atoms with van der Waals surface area (Å²) in [4.78, 5) is 18.5. The van der Waals surface area contributed by atoms with Gasteiger partial charge in [0.2, 0.25) is 6.10 Å². The average molecular weight is 452 g/mol. The first kappa shape index (κ1) is 20.1. The van der Waals surface area contributed by atoms with Crippen LogP contribution in [0.1, 0.15) is 25.7 Å². The zero-order valence-electron chi connectivity index (χ0n) is 16.7. The Morgan fingerprint density at radius 3 is 2.84 bits per heavy atom. The number of hydrogen-bond donors (Lipinski definition) is 1. The average Bonchev–Trinajstić information content (AvgIpc) is 3.22. The molecule has 2 heterocycles. The SMILES string of the molecule is O=C(N/N=C\C1=C(Sc2nc3ccccc3s2)CCCC1)[C@@H]1COc2ccccc2O1. The first-order valence-corrected chi connectivity index (χ1v) is 11.9. The predicted octanol–water partition coefficient (Wildman–Crippen LogP) is 5.16. The summed E-state index contributed by atoms with van der Waals surface area (Å²) in [5.41, 5.74) is 4.79. The molecule has 0 radical (unpaired) electrons. The molecule has 1 aromatic heterocycles. The van der Waals surface area contributed by atoms with Crippen molar-refractivity contribution in [2.24, 2.45) is 5.10 Å². The molecule has 1 amide bonds. The van der Waals surface area contributed by atoms with Crippen LogP contribution < -0.4 is 14.9 Å². The van der Waals surface area contributed by atoms with Gasteiger partial charge in [0.1, 0.15) is 6.61 Å².